The molecular formula is C28H54O2. The van der Waals surface area contributed by atoms with Gasteiger partial charge in [-0.3, -0.25) is 0 Å². The molecule has 2 nitrogen and oxygen atoms in total. The van der Waals surface area contributed by atoms with Crippen LogP contribution >= 0.6 is 0 Å². The van der Waals surface area contributed by atoms with E-state index in [4.69, 9.17) is 0 Å². The third kappa shape index (κ3) is 21.9. The summed E-state index contributed by atoms with van der Waals surface area (Å²) in [4.78, 5) is 11.4. The van der Waals surface area contributed by atoms with Gasteiger partial charge in [0.15, 0.2) is 0 Å². The van der Waals surface area contributed by atoms with E-state index in [1.54, 1.807) is 0 Å². The summed E-state index contributed by atoms with van der Waals surface area (Å²) in [6.45, 7) is 4.50. The van der Waals surface area contributed by atoms with E-state index in [0.29, 0.717) is 5.57 Å². The molecule has 0 unspecified atom stereocenters. The fraction of sp³-hybridized carbons (Fsp3) is 0.893. The number of carbonyl (C=O) groups is 1. The molecular weight excluding hydrogens is 368 g/mol. The number of allylic oxidation sites excluding steroid dienone is 1. The predicted molar refractivity (Wildman–Crippen MR) is 133 cm³/mol. The summed E-state index contributed by atoms with van der Waals surface area (Å²) >= 11 is 0. The van der Waals surface area contributed by atoms with E-state index >= 15 is 0 Å². The molecule has 0 aliphatic carbocycles. The van der Waals surface area contributed by atoms with E-state index < -0.39 is 5.97 Å². The smallest absolute Gasteiger partial charge is 0.331 e. The third-order valence-electron chi connectivity index (χ3n) is 6.27. The first-order valence-corrected chi connectivity index (χ1v) is 13.6. The second-order valence-corrected chi connectivity index (χ2v) is 9.29. The topological polar surface area (TPSA) is 37.3 Å². The highest BCUT2D eigenvalue weighted by Crippen LogP contribution is 2.16. The Morgan fingerprint density at radius 3 is 1.23 bits per heavy atom. The minimum atomic E-state index is -0.704. The lowest BCUT2D eigenvalue weighted by Crippen LogP contribution is -2.00. The number of unbranched alkanes of at least 4 members (excludes halogenated alkanes) is 20. The number of hydrogen-bond donors (Lipinski definition) is 1. The van der Waals surface area contributed by atoms with Gasteiger partial charge in [-0.15, -0.1) is 0 Å². The number of carboxylic acids is 1. The Hall–Kier alpha value is -0.790. The van der Waals surface area contributed by atoms with Crippen molar-refractivity contribution in [1.29, 1.82) is 0 Å². The average molecular weight is 423 g/mol. The zero-order valence-electron chi connectivity index (χ0n) is 20.7. The Labute approximate surface area is 189 Å². The molecule has 30 heavy (non-hydrogen) atoms. The van der Waals surface area contributed by atoms with Crippen molar-refractivity contribution in [3.05, 3.63) is 11.6 Å². The molecule has 1 N–H and O–H groups in total. The Bertz CT molecular complexity index is 386. The van der Waals surface area contributed by atoms with Crippen LogP contribution in [0.4, 0.5) is 0 Å². The number of hydrogen-bond acceptors (Lipinski definition) is 1. The number of carboxylic acid groups (broad SMARTS) is 1. The van der Waals surface area contributed by atoms with Crippen LogP contribution < -0.4 is 0 Å². The van der Waals surface area contributed by atoms with E-state index in [0.717, 1.165) is 25.7 Å². The zero-order chi connectivity index (χ0) is 22.1. The van der Waals surface area contributed by atoms with E-state index in [-0.39, 0.29) is 0 Å². The lowest BCUT2D eigenvalue weighted by Gasteiger charge is -2.05. The van der Waals surface area contributed by atoms with E-state index in [1.165, 1.54) is 122 Å². The van der Waals surface area contributed by atoms with Crippen molar-refractivity contribution in [1.82, 2.24) is 0 Å². The van der Waals surface area contributed by atoms with Crippen LogP contribution in [0, 0.1) is 0 Å². The highest BCUT2D eigenvalue weighted by Gasteiger charge is 2.06. The van der Waals surface area contributed by atoms with Gasteiger partial charge in [-0.25, -0.2) is 4.79 Å². The van der Waals surface area contributed by atoms with Gasteiger partial charge < -0.3 is 5.11 Å². The summed E-state index contributed by atoms with van der Waals surface area (Å²) in [7, 11) is 0. The van der Waals surface area contributed by atoms with Gasteiger partial charge in [0.2, 0.25) is 0 Å². The summed E-state index contributed by atoms with van der Waals surface area (Å²) in [6.07, 6.45) is 31.6. The van der Waals surface area contributed by atoms with E-state index in [1.807, 2.05) is 6.08 Å². The van der Waals surface area contributed by atoms with Crippen LogP contribution in [0.3, 0.4) is 0 Å². The lowest BCUT2D eigenvalue weighted by molar-refractivity contribution is -0.132. The zero-order valence-corrected chi connectivity index (χ0v) is 20.7. The SMILES string of the molecule is CCCCCCCC=C(CCCCCCCCCCCCCCCCCC)C(=O)O. The summed E-state index contributed by atoms with van der Waals surface area (Å²) in [6, 6.07) is 0. The van der Waals surface area contributed by atoms with Crippen molar-refractivity contribution in [2.45, 2.75) is 162 Å². The minimum Gasteiger partial charge on any atom is -0.478 e. The molecule has 0 aromatic rings. The molecule has 0 radical (unpaired) electrons. The normalized spacial score (nSPS) is 11.9. The highest BCUT2D eigenvalue weighted by atomic mass is 16.4. The maximum absolute atomic E-state index is 11.4. The molecule has 0 heterocycles. The number of rotatable bonds is 24. The molecule has 0 spiro atoms. The van der Waals surface area contributed by atoms with Crippen molar-refractivity contribution < 1.29 is 9.90 Å². The summed E-state index contributed by atoms with van der Waals surface area (Å²) in [5.41, 5.74) is 0.649. The molecule has 0 amide bonds. The van der Waals surface area contributed by atoms with Crippen LogP contribution in [0.25, 0.3) is 0 Å². The van der Waals surface area contributed by atoms with Crippen molar-refractivity contribution >= 4 is 5.97 Å². The molecule has 0 fully saturated rings. The van der Waals surface area contributed by atoms with Gasteiger partial charge in [-0.05, 0) is 25.7 Å². The molecule has 0 saturated carbocycles. The van der Waals surface area contributed by atoms with Crippen LogP contribution in [-0.4, -0.2) is 11.1 Å². The Kier molecular flexibility index (Phi) is 23.8. The molecule has 0 aliphatic rings. The fourth-order valence-electron chi connectivity index (χ4n) is 4.18. The molecule has 0 saturated heterocycles. The van der Waals surface area contributed by atoms with Crippen molar-refractivity contribution in [3.8, 4) is 0 Å². The van der Waals surface area contributed by atoms with Gasteiger partial charge in [0.1, 0.15) is 0 Å². The molecule has 0 aromatic carbocycles. The Morgan fingerprint density at radius 2 is 0.867 bits per heavy atom. The second kappa shape index (κ2) is 24.5. The summed E-state index contributed by atoms with van der Waals surface area (Å²) in [5.74, 6) is -0.704. The van der Waals surface area contributed by atoms with Crippen molar-refractivity contribution in [2.24, 2.45) is 0 Å². The van der Waals surface area contributed by atoms with E-state index in [9.17, 15) is 9.90 Å². The van der Waals surface area contributed by atoms with Gasteiger partial charge in [0.05, 0.1) is 0 Å². The van der Waals surface area contributed by atoms with Crippen LogP contribution in [0.1, 0.15) is 162 Å². The molecule has 0 bridgehead atoms. The minimum absolute atomic E-state index is 0.649. The van der Waals surface area contributed by atoms with Crippen LogP contribution in [-0.2, 0) is 4.79 Å². The molecule has 0 aliphatic heterocycles. The van der Waals surface area contributed by atoms with Gasteiger partial charge >= 0.3 is 5.97 Å². The maximum atomic E-state index is 11.4. The van der Waals surface area contributed by atoms with E-state index in [2.05, 4.69) is 13.8 Å². The fourth-order valence-corrected chi connectivity index (χ4v) is 4.18. The third-order valence-corrected chi connectivity index (χ3v) is 6.27. The van der Waals surface area contributed by atoms with Crippen LogP contribution in [0.5, 0.6) is 0 Å². The van der Waals surface area contributed by atoms with Crippen molar-refractivity contribution in [3.63, 3.8) is 0 Å². The molecule has 178 valence electrons. The first-order valence-electron chi connectivity index (χ1n) is 13.6. The molecule has 0 atom stereocenters. The van der Waals surface area contributed by atoms with Gasteiger partial charge in [-0.1, -0.05) is 142 Å². The largest absolute Gasteiger partial charge is 0.478 e. The summed E-state index contributed by atoms with van der Waals surface area (Å²) in [5, 5.41) is 9.37. The maximum Gasteiger partial charge on any atom is 0.331 e. The lowest BCUT2D eigenvalue weighted by atomic mass is 10.0. The first-order chi connectivity index (χ1) is 14.7. The highest BCUT2D eigenvalue weighted by molar-refractivity contribution is 5.86. The standard InChI is InChI=1S/C28H54O2/c1-3-5-7-9-11-12-13-14-15-16-17-18-19-20-22-24-26-27(28(29)30)25-23-21-10-8-6-4-2/h25H,3-24,26H2,1-2H3,(H,29,30). The van der Waals surface area contributed by atoms with Crippen molar-refractivity contribution in [2.75, 3.05) is 0 Å². The number of aliphatic carboxylic acids is 1. The van der Waals surface area contributed by atoms with Crippen LogP contribution in [0.2, 0.25) is 0 Å². The quantitative estimate of drug-likeness (QED) is 0.124. The molecule has 2 heteroatoms. The first kappa shape index (κ1) is 29.2. The van der Waals surface area contributed by atoms with Gasteiger partial charge in [0, 0.05) is 5.57 Å². The van der Waals surface area contributed by atoms with Gasteiger partial charge in [-0.2, -0.15) is 0 Å². The Balaban J connectivity index is 3.42. The van der Waals surface area contributed by atoms with Gasteiger partial charge in [0.25, 0.3) is 0 Å². The second-order valence-electron chi connectivity index (χ2n) is 9.29. The molecule has 0 aromatic heterocycles. The monoisotopic (exact) mass is 422 g/mol. The average Bonchev–Trinajstić information content (AvgIpc) is 2.74. The summed E-state index contributed by atoms with van der Waals surface area (Å²) < 4.78 is 0. The van der Waals surface area contributed by atoms with Crippen LogP contribution in [0.15, 0.2) is 11.6 Å². The Morgan fingerprint density at radius 1 is 0.533 bits per heavy atom. The molecule has 0 rings (SSSR count). The predicted octanol–water partition coefficient (Wildman–Crippen LogP) is 10.0.